The van der Waals surface area contributed by atoms with E-state index in [9.17, 15) is 4.79 Å². The summed E-state index contributed by atoms with van der Waals surface area (Å²) in [6.45, 7) is 0.393. The van der Waals surface area contributed by atoms with Gasteiger partial charge in [-0.3, -0.25) is 9.78 Å². The van der Waals surface area contributed by atoms with Gasteiger partial charge in [0.05, 0.1) is 24.8 Å². The smallest absolute Gasteiger partial charge is 0.234 e. The summed E-state index contributed by atoms with van der Waals surface area (Å²) in [5.74, 6) is 1.24. The summed E-state index contributed by atoms with van der Waals surface area (Å²) in [5, 5.41) is 13.3. The molecule has 0 aliphatic carbocycles. The molecule has 4 N–H and O–H groups in total. The van der Waals surface area contributed by atoms with E-state index in [0.717, 1.165) is 33.5 Å². The molecular weight excluding hydrogens is 438 g/mol. The third-order valence-electron chi connectivity index (χ3n) is 6.04. The van der Waals surface area contributed by atoms with Crippen molar-refractivity contribution in [3.05, 3.63) is 114 Å². The van der Waals surface area contributed by atoms with E-state index in [2.05, 4.69) is 48.2 Å². The summed E-state index contributed by atoms with van der Waals surface area (Å²) >= 11 is 0. The van der Waals surface area contributed by atoms with Crippen LogP contribution < -0.4 is 11.1 Å². The van der Waals surface area contributed by atoms with Gasteiger partial charge in [-0.15, -0.1) is 10.2 Å². The molecule has 0 aliphatic rings. The summed E-state index contributed by atoms with van der Waals surface area (Å²) in [4.78, 5) is 20.3. The molecule has 2 aromatic carbocycles. The number of rotatable bonds is 9. The summed E-state index contributed by atoms with van der Waals surface area (Å²) in [7, 11) is 0. The van der Waals surface area contributed by atoms with Crippen LogP contribution in [0, 0.1) is 0 Å². The molecule has 0 radical (unpaired) electrons. The lowest BCUT2D eigenvalue weighted by Gasteiger charge is -2.20. The van der Waals surface area contributed by atoms with Gasteiger partial charge in [0, 0.05) is 36.1 Å². The maximum atomic E-state index is 12.4. The second-order valence-corrected chi connectivity index (χ2v) is 8.43. The van der Waals surface area contributed by atoms with Crippen molar-refractivity contribution in [2.45, 2.75) is 25.4 Å². The molecule has 5 rings (SSSR count). The van der Waals surface area contributed by atoms with Gasteiger partial charge in [0.25, 0.3) is 0 Å². The number of nitrogens with one attached hydrogen (secondary N) is 2. The number of H-pyrrole nitrogens is 1. The van der Waals surface area contributed by atoms with Crippen LogP contribution >= 0.6 is 0 Å². The first-order chi connectivity index (χ1) is 17.2. The predicted octanol–water partition coefficient (Wildman–Crippen LogP) is 3.15. The Labute approximate surface area is 203 Å². The SMILES string of the molecule is NCC(=O)NC(Cc1c[nH]c2ccccc12)c1nnc(Cc2ccccc2)n1Cc1ccccn1. The third kappa shape index (κ3) is 5.12. The Kier molecular flexibility index (Phi) is 6.63. The number of aromatic amines is 1. The standard InChI is InChI=1S/C27H27N7O/c28-16-26(35)31-24(15-20-17-30-23-12-5-4-11-22(20)23)27-33-32-25(14-19-8-2-1-3-9-19)34(27)18-21-10-6-7-13-29-21/h1-13,17,24,30H,14-16,18,28H2,(H,31,35). The van der Waals surface area contributed by atoms with Crippen LogP contribution in [-0.4, -0.2) is 37.2 Å². The van der Waals surface area contributed by atoms with Crippen molar-refractivity contribution in [3.8, 4) is 0 Å². The summed E-state index contributed by atoms with van der Waals surface area (Å²) in [6.07, 6.45) is 4.92. The molecule has 3 aromatic heterocycles. The number of aromatic nitrogens is 5. The van der Waals surface area contributed by atoms with Crippen LogP contribution in [-0.2, 0) is 24.2 Å². The number of para-hydroxylation sites is 1. The van der Waals surface area contributed by atoms with Gasteiger partial charge < -0.3 is 20.6 Å². The van der Waals surface area contributed by atoms with Crippen molar-refractivity contribution in [3.63, 3.8) is 0 Å². The molecule has 8 nitrogen and oxygen atoms in total. The largest absolute Gasteiger partial charge is 0.361 e. The van der Waals surface area contributed by atoms with Crippen LogP contribution in [0.15, 0.2) is 85.2 Å². The molecule has 0 bridgehead atoms. The van der Waals surface area contributed by atoms with Gasteiger partial charge in [-0.05, 0) is 29.3 Å². The van der Waals surface area contributed by atoms with Gasteiger partial charge in [0.1, 0.15) is 5.82 Å². The normalized spacial score (nSPS) is 12.0. The molecule has 1 atom stereocenters. The van der Waals surface area contributed by atoms with Crippen molar-refractivity contribution < 1.29 is 4.79 Å². The molecule has 0 saturated carbocycles. The van der Waals surface area contributed by atoms with E-state index < -0.39 is 6.04 Å². The highest BCUT2D eigenvalue weighted by atomic mass is 16.1. The van der Waals surface area contributed by atoms with Crippen LogP contribution in [0.3, 0.4) is 0 Å². The number of amides is 1. The molecule has 3 heterocycles. The average molecular weight is 466 g/mol. The van der Waals surface area contributed by atoms with Crippen LogP contribution in [0.5, 0.6) is 0 Å². The van der Waals surface area contributed by atoms with Crippen LogP contribution in [0.1, 0.15) is 34.5 Å². The minimum atomic E-state index is -0.411. The predicted molar refractivity (Wildman–Crippen MR) is 135 cm³/mol. The first-order valence-electron chi connectivity index (χ1n) is 11.6. The van der Waals surface area contributed by atoms with Crippen LogP contribution in [0.4, 0.5) is 0 Å². The monoisotopic (exact) mass is 465 g/mol. The molecule has 0 spiro atoms. The molecule has 1 unspecified atom stereocenters. The van der Waals surface area contributed by atoms with E-state index >= 15 is 0 Å². The van der Waals surface area contributed by atoms with Crippen LogP contribution in [0.2, 0.25) is 0 Å². The van der Waals surface area contributed by atoms with Crippen molar-refractivity contribution in [2.24, 2.45) is 5.73 Å². The minimum absolute atomic E-state index is 0.102. The fraction of sp³-hybridized carbons (Fsp3) is 0.185. The summed E-state index contributed by atoms with van der Waals surface area (Å²) < 4.78 is 2.06. The minimum Gasteiger partial charge on any atom is -0.361 e. The lowest BCUT2D eigenvalue weighted by Crippen LogP contribution is -2.36. The Morgan fingerprint density at radius 3 is 2.60 bits per heavy atom. The van der Waals surface area contributed by atoms with E-state index in [4.69, 9.17) is 5.73 Å². The van der Waals surface area contributed by atoms with Crippen LogP contribution in [0.25, 0.3) is 10.9 Å². The topological polar surface area (TPSA) is 115 Å². The van der Waals surface area contributed by atoms with Gasteiger partial charge in [-0.25, -0.2) is 0 Å². The number of carbonyl (C=O) groups is 1. The number of benzene rings is 2. The second-order valence-electron chi connectivity index (χ2n) is 8.43. The van der Waals surface area contributed by atoms with Crippen molar-refractivity contribution in [1.82, 2.24) is 30.0 Å². The number of carbonyl (C=O) groups excluding carboxylic acids is 1. The molecule has 0 fully saturated rings. The maximum Gasteiger partial charge on any atom is 0.234 e. The Bertz CT molecular complexity index is 1410. The van der Waals surface area contributed by atoms with Gasteiger partial charge in [0.15, 0.2) is 5.82 Å². The number of nitrogens with zero attached hydrogens (tertiary/aromatic N) is 4. The Hall–Kier alpha value is -4.30. The van der Waals surface area contributed by atoms with Crippen molar-refractivity contribution >= 4 is 16.8 Å². The van der Waals surface area contributed by atoms with Gasteiger partial charge >= 0.3 is 0 Å². The summed E-state index contributed by atoms with van der Waals surface area (Å²) in [6, 6.07) is 23.7. The first kappa shape index (κ1) is 22.5. The number of pyridine rings is 1. The molecular formula is C27H27N7O. The van der Waals surface area contributed by atoms with E-state index in [-0.39, 0.29) is 12.5 Å². The fourth-order valence-electron chi connectivity index (χ4n) is 4.32. The highest BCUT2D eigenvalue weighted by Crippen LogP contribution is 2.25. The number of hydrogen-bond acceptors (Lipinski definition) is 5. The molecule has 5 aromatic rings. The molecule has 176 valence electrons. The molecule has 35 heavy (non-hydrogen) atoms. The Morgan fingerprint density at radius 2 is 1.80 bits per heavy atom. The second kappa shape index (κ2) is 10.3. The maximum absolute atomic E-state index is 12.4. The van der Waals surface area contributed by atoms with Gasteiger partial charge in [0.2, 0.25) is 5.91 Å². The zero-order valence-electron chi connectivity index (χ0n) is 19.3. The lowest BCUT2D eigenvalue weighted by atomic mass is 10.0. The van der Waals surface area contributed by atoms with E-state index in [1.165, 1.54) is 0 Å². The molecule has 1 amide bonds. The lowest BCUT2D eigenvalue weighted by molar-refractivity contribution is -0.120. The van der Waals surface area contributed by atoms with E-state index in [0.29, 0.717) is 25.2 Å². The third-order valence-corrected chi connectivity index (χ3v) is 6.04. The Balaban J connectivity index is 1.55. The van der Waals surface area contributed by atoms with E-state index in [1.807, 2.05) is 60.8 Å². The zero-order chi connectivity index (χ0) is 24.0. The highest BCUT2D eigenvalue weighted by molar-refractivity contribution is 5.83. The Morgan fingerprint density at radius 1 is 1.00 bits per heavy atom. The molecule has 0 saturated heterocycles. The summed E-state index contributed by atoms with van der Waals surface area (Å²) in [5.41, 5.74) is 9.81. The molecule has 8 heteroatoms. The quantitative estimate of drug-likeness (QED) is 0.309. The molecule has 0 aliphatic heterocycles. The first-order valence-corrected chi connectivity index (χ1v) is 11.6. The van der Waals surface area contributed by atoms with Crippen molar-refractivity contribution in [2.75, 3.05) is 6.54 Å². The highest BCUT2D eigenvalue weighted by Gasteiger charge is 2.25. The zero-order valence-corrected chi connectivity index (χ0v) is 19.3. The number of hydrogen-bond donors (Lipinski definition) is 3. The van der Waals surface area contributed by atoms with Gasteiger partial charge in [-0.2, -0.15) is 0 Å². The number of fused-ring (bicyclic) bond motifs is 1. The van der Waals surface area contributed by atoms with E-state index in [1.54, 1.807) is 6.20 Å². The van der Waals surface area contributed by atoms with Crippen molar-refractivity contribution in [1.29, 1.82) is 0 Å². The number of nitrogens with two attached hydrogens (primary N) is 1. The van der Waals surface area contributed by atoms with Gasteiger partial charge in [-0.1, -0.05) is 54.6 Å². The fourth-order valence-corrected chi connectivity index (χ4v) is 4.32. The average Bonchev–Trinajstić information content (AvgIpc) is 3.49.